The average molecular weight is 593 g/mol. The van der Waals surface area contributed by atoms with Crippen molar-refractivity contribution in [1.29, 1.82) is 0 Å². The highest BCUT2D eigenvalue weighted by atomic mass is 16.7. The number of fused-ring (bicyclic) bond motifs is 2. The standard InChI is InChI=1S/C34H48N4O5/c1-20-27-15-25(34(27,3)4)16-28(20)36-33(42)32-31(21(2)40)29(19-39)43-38(32)17-22-8-7-9-24(14-22)23-10-12-26(13-11-23)35-30(41)18-37(5)6/h7-14,20-21,25,27-29,31-32,39-40H,15-19H2,1-6H3,(H,35,41)(H,36,42)/t20?,21?,25-,27+,28-,29?,31+,32-/m0/s1. The number of hydroxylamine groups is 2. The largest absolute Gasteiger partial charge is 0.394 e. The summed E-state index contributed by atoms with van der Waals surface area (Å²) < 4.78 is 0. The van der Waals surface area contributed by atoms with Crippen molar-refractivity contribution in [1.82, 2.24) is 15.3 Å². The number of rotatable bonds is 10. The lowest BCUT2D eigenvalue weighted by atomic mass is 9.45. The van der Waals surface area contributed by atoms with E-state index in [4.69, 9.17) is 4.84 Å². The van der Waals surface area contributed by atoms with Crippen LogP contribution in [0.4, 0.5) is 5.69 Å². The minimum atomic E-state index is -0.836. The van der Waals surface area contributed by atoms with Crippen LogP contribution in [0.2, 0.25) is 0 Å². The Morgan fingerprint density at radius 1 is 1.12 bits per heavy atom. The minimum Gasteiger partial charge on any atom is -0.394 e. The zero-order chi connectivity index (χ0) is 31.1. The molecule has 1 saturated heterocycles. The van der Waals surface area contributed by atoms with Gasteiger partial charge < -0.3 is 25.7 Å². The fourth-order valence-corrected chi connectivity index (χ4v) is 7.75. The second-order valence-corrected chi connectivity index (χ2v) is 13.8. The van der Waals surface area contributed by atoms with Crippen LogP contribution in [0.1, 0.15) is 46.1 Å². The van der Waals surface area contributed by atoms with Crippen molar-refractivity contribution in [2.24, 2.45) is 29.1 Å². The Hall–Kier alpha value is -2.82. The average Bonchev–Trinajstić information content (AvgIpc) is 3.32. The lowest BCUT2D eigenvalue weighted by Gasteiger charge is -2.62. The highest BCUT2D eigenvalue weighted by Crippen LogP contribution is 2.61. The van der Waals surface area contributed by atoms with Gasteiger partial charge in [-0.3, -0.25) is 14.4 Å². The molecule has 9 nitrogen and oxygen atoms in total. The third-order valence-electron chi connectivity index (χ3n) is 10.3. The number of likely N-dealkylation sites (N-methyl/N-ethyl adjacent to an activating group) is 1. The molecule has 2 aromatic carbocycles. The van der Waals surface area contributed by atoms with Crippen molar-refractivity contribution in [3.8, 4) is 11.1 Å². The van der Waals surface area contributed by atoms with Gasteiger partial charge in [0.1, 0.15) is 12.1 Å². The van der Waals surface area contributed by atoms with Gasteiger partial charge in [0.2, 0.25) is 11.8 Å². The van der Waals surface area contributed by atoms with Crippen LogP contribution < -0.4 is 10.6 Å². The first-order valence-corrected chi connectivity index (χ1v) is 15.6. The fraction of sp³-hybridized carbons (Fsp3) is 0.588. The topological polar surface area (TPSA) is 114 Å². The number of nitrogens with zero attached hydrogens (tertiary/aromatic N) is 2. The molecular formula is C34H48N4O5. The number of anilines is 1. The van der Waals surface area contributed by atoms with E-state index in [0.29, 0.717) is 36.3 Å². The van der Waals surface area contributed by atoms with Gasteiger partial charge in [-0.05, 0) is 91.9 Å². The maximum absolute atomic E-state index is 13.9. The minimum absolute atomic E-state index is 0.0702. The number of carbonyl (C=O) groups is 2. The normalized spacial score (nSPS) is 30.5. The summed E-state index contributed by atoms with van der Waals surface area (Å²) in [6.07, 6.45) is 0.682. The van der Waals surface area contributed by atoms with Crippen LogP contribution in [0, 0.1) is 29.1 Å². The molecule has 1 heterocycles. The molecule has 43 heavy (non-hydrogen) atoms. The van der Waals surface area contributed by atoms with Gasteiger partial charge in [-0.1, -0.05) is 51.1 Å². The molecule has 2 aromatic rings. The quantitative estimate of drug-likeness (QED) is 0.334. The number of amides is 2. The Balaban J connectivity index is 1.31. The van der Waals surface area contributed by atoms with E-state index in [9.17, 15) is 19.8 Å². The van der Waals surface area contributed by atoms with Gasteiger partial charge in [-0.25, -0.2) is 0 Å². The molecule has 2 bridgehead atoms. The second kappa shape index (κ2) is 12.7. The first kappa shape index (κ1) is 31.6. The molecule has 4 fully saturated rings. The number of aliphatic hydroxyl groups excluding tert-OH is 2. The predicted octanol–water partition coefficient (Wildman–Crippen LogP) is 3.51. The molecule has 3 aliphatic carbocycles. The Kier molecular flexibility index (Phi) is 9.30. The number of aliphatic hydroxyl groups is 2. The predicted molar refractivity (Wildman–Crippen MR) is 167 cm³/mol. The van der Waals surface area contributed by atoms with Crippen molar-refractivity contribution in [3.63, 3.8) is 0 Å². The van der Waals surface area contributed by atoms with E-state index < -0.39 is 24.2 Å². The van der Waals surface area contributed by atoms with E-state index in [0.717, 1.165) is 28.8 Å². The van der Waals surface area contributed by atoms with Crippen LogP contribution in [0.3, 0.4) is 0 Å². The maximum Gasteiger partial charge on any atom is 0.240 e. The zero-order valence-corrected chi connectivity index (χ0v) is 26.3. The first-order valence-electron chi connectivity index (χ1n) is 15.6. The van der Waals surface area contributed by atoms with Crippen molar-refractivity contribution < 1.29 is 24.6 Å². The van der Waals surface area contributed by atoms with E-state index >= 15 is 0 Å². The Morgan fingerprint density at radius 3 is 2.44 bits per heavy atom. The molecule has 0 aromatic heterocycles. The maximum atomic E-state index is 13.9. The highest BCUT2D eigenvalue weighted by Gasteiger charge is 2.57. The summed E-state index contributed by atoms with van der Waals surface area (Å²) in [6, 6.07) is 15.1. The SMILES string of the molecule is CC(O)[C@@H]1C(CO)ON(Cc2cccc(-c3ccc(NC(=O)CN(C)C)cc3)c2)[C@@H]1C(=O)N[C@H]1C[C@@H]2C[C@H](C1C)C2(C)C. The molecule has 234 valence electrons. The van der Waals surface area contributed by atoms with Crippen LogP contribution in [0.25, 0.3) is 11.1 Å². The van der Waals surface area contributed by atoms with E-state index in [1.807, 2.05) is 61.5 Å². The summed E-state index contributed by atoms with van der Waals surface area (Å²) in [7, 11) is 3.71. The second-order valence-electron chi connectivity index (χ2n) is 13.8. The monoisotopic (exact) mass is 592 g/mol. The van der Waals surface area contributed by atoms with E-state index in [1.165, 1.54) is 6.42 Å². The van der Waals surface area contributed by atoms with Gasteiger partial charge in [-0.15, -0.1) is 0 Å². The molecule has 2 amide bonds. The van der Waals surface area contributed by atoms with Gasteiger partial charge in [0, 0.05) is 17.6 Å². The van der Waals surface area contributed by atoms with Crippen LogP contribution in [0.15, 0.2) is 48.5 Å². The molecule has 0 radical (unpaired) electrons. The molecule has 8 atom stereocenters. The number of hydrogen-bond acceptors (Lipinski definition) is 7. The summed E-state index contributed by atoms with van der Waals surface area (Å²) in [4.78, 5) is 34.0. The number of carbonyl (C=O) groups excluding carboxylic acids is 2. The van der Waals surface area contributed by atoms with Gasteiger partial charge in [0.05, 0.1) is 25.8 Å². The number of benzene rings is 2. The van der Waals surface area contributed by atoms with Crippen LogP contribution in [-0.4, -0.2) is 83.5 Å². The van der Waals surface area contributed by atoms with Gasteiger partial charge >= 0.3 is 0 Å². The lowest BCUT2D eigenvalue weighted by Crippen LogP contribution is -2.62. The zero-order valence-electron chi connectivity index (χ0n) is 26.3. The Labute approximate surface area is 255 Å². The number of hydrogen-bond donors (Lipinski definition) is 4. The van der Waals surface area contributed by atoms with E-state index in [-0.39, 0.29) is 24.5 Å². The van der Waals surface area contributed by atoms with Crippen molar-refractivity contribution >= 4 is 17.5 Å². The van der Waals surface area contributed by atoms with Crippen LogP contribution >= 0.6 is 0 Å². The van der Waals surface area contributed by atoms with Gasteiger partial charge in [0.25, 0.3) is 0 Å². The summed E-state index contributed by atoms with van der Waals surface area (Å²) in [5.74, 6) is 0.797. The molecule has 4 aliphatic rings. The summed E-state index contributed by atoms with van der Waals surface area (Å²) in [6.45, 7) is 8.94. The third kappa shape index (κ3) is 6.51. The first-order chi connectivity index (χ1) is 20.4. The molecule has 1 aliphatic heterocycles. The van der Waals surface area contributed by atoms with Gasteiger partial charge in [-0.2, -0.15) is 5.06 Å². The fourth-order valence-electron chi connectivity index (χ4n) is 7.75. The van der Waals surface area contributed by atoms with Crippen molar-refractivity contribution in [3.05, 3.63) is 54.1 Å². The molecule has 3 saturated carbocycles. The Morgan fingerprint density at radius 2 is 1.84 bits per heavy atom. The van der Waals surface area contributed by atoms with Gasteiger partial charge in [0.15, 0.2) is 0 Å². The molecule has 4 N–H and O–H groups in total. The molecule has 0 spiro atoms. The smallest absolute Gasteiger partial charge is 0.240 e. The Bertz CT molecular complexity index is 1300. The molecule has 9 heteroatoms. The highest BCUT2D eigenvalue weighted by molar-refractivity contribution is 5.92. The third-order valence-corrected chi connectivity index (χ3v) is 10.3. The van der Waals surface area contributed by atoms with Crippen molar-refractivity contribution in [2.75, 3.05) is 32.6 Å². The van der Waals surface area contributed by atoms with Crippen LogP contribution in [0.5, 0.6) is 0 Å². The van der Waals surface area contributed by atoms with Crippen molar-refractivity contribution in [2.45, 2.75) is 71.4 Å². The molecule has 6 rings (SSSR count). The molecular weight excluding hydrogens is 544 g/mol. The summed E-state index contributed by atoms with van der Waals surface area (Å²) >= 11 is 0. The number of nitrogens with one attached hydrogen (secondary N) is 2. The van der Waals surface area contributed by atoms with E-state index in [2.05, 4.69) is 37.5 Å². The van der Waals surface area contributed by atoms with Crippen LogP contribution in [-0.2, 0) is 21.0 Å². The summed E-state index contributed by atoms with van der Waals surface area (Å²) in [5, 5.41) is 28.7. The summed E-state index contributed by atoms with van der Waals surface area (Å²) in [5.41, 5.74) is 3.98. The lowest BCUT2D eigenvalue weighted by molar-refractivity contribution is -0.183. The molecule has 3 unspecified atom stereocenters. The van der Waals surface area contributed by atoms with E-state index in [1.54, 1.807) is 12.0 Å².